The van der Waals surface area contributed by atoms with Gasteiger partial charge in [-0.05, 0) is 82.3 Å². The van der Waals surface area contributed by atoms with Gasteiger partial charge in [0.15, 0.2) is 0 Å². The number of allylic oxidation sites excluding steroid dienone is 2. The molecule has 0 radical (unpaired) electrons. The maximum absolute atomic E-state index is 10.3. The molecule has 2 aromatic rings. The Hall–Kier alpha value is -2.48. The van der Waals surface area contributed by atoms with E-state index in [9.17, 15) is 10.2 Å². The molecule has 0 saturated carbocycles. The summed E-state index contributed by atoms with van der Waals surface area (Å²) in [5.74, 6) is 0.708. The first-order valence-corrected chi connectivity index (χ1v) is 9.83. The number of phenolic OH excluding ortho intramolecular Hbond substituents is 2. The fourth-order valence-electron chi connectivity index (χ4n) is 3.30. The summed E-state index contributed by atoms with van der Waals surface area (Å²) in [5, 5.41) is 20.5. The molecular weight excluding hydrogens is 344 g/mol. The number of aromatic hydroxyl groups is 2. The molecule has 0 unspecified atom stereocenters. The largest absolute Gasteiger partial charge is 0.508 e. The second-order valence-corrected chi connectivity index (χ2v) is 9.67. The van der Waals surface area contributed by atoms with Gasteiger partial charge in [0.2, 0.25) is 0 Å². The van der Waals surface area contributed by atoms with Crippen molar-refractivity contribution in [1.82, 2.24) is 0 Å². The monoisotopic (exact) mass is 378 g/mol. The van der Waals surface area contributed by atoms with Gasteiger partial charge >= 0.3 is 0 Å². The summed E-state index contributed by atoms with van der Waals surface area (Å²) in [6.45, 7) is 16.6. The summed E-state index contributed by atoms with van der Waals surface area (Å²) in [6.07, 6.45) is 8.19. The maximum Gasteiger partial charge on any atom is 0.119 e. The molecule has 2 aromatic carbocycles. The third-order valence-corrected chi connectivity index (χ3v) is 5.05. The summed E-state index contributed by atoms with van der Waals surface area (Å²) in [6, 6.07) is 7.81. The van der Waals surface area contributed by atoms with E-state index in [0.717, 1.165) is 33.4 Å². The molecule has 0 amide bonds. The van der Waals surface area contributed by atoms with Crippen LogP contribution in [0.1, 0.15) is 74.9 Å². The van der Waals surface area contributed by atoms with Crippen molar-refractivity contribution < 1.29 is 10.2 Å². The van der Waals surface area contributed by atoms with Crippen molar-refractivity contribution in [2.24, 2.45) is 0 Å². The first-order chi connectivity index (χ1) is 12.8. The van der Waals surface area contributed by atoms with Gasteiger partial charge in [-0.2, -0.15) is 0 Å². The number of phenols is 2. The molecule has 2 heteroatoms. The van der Waals surface area contributed by atoms with Crippen molar-refractivity contribution in [2.45, 2.75) is 66.2 Å². The smallest absolute Gasteiger partial charge is 0.119 e. The minimum atomic E-state index is -0.108. The second-order valence-electron chi connectivity index (χ2n) is 9.67. The van der Waals surface area contributed by atoms with E-state index in [2.05, 4.69) is 65.8 Å². The molecule has 2 rings (SSSR count). The third kappa shape index (κ3) is 5.07. The van der Waals surface area contributed by atoms with Crippen molar-refractivity contribution >= 4 is 12.2 Å². The standard InChI is InChI=1S/C26H34O2/c1-17-13-23(27)21(25(3,4)5)15-19(17)11-9-10-12-20-16-22(26(6,7)8)24(28)14-18(20)2/h9-16,27-28H,1-8H3. The summed E-state index contributed by atoms with van der Waals surface area (Å²) in [4.78, 5) is 0. The maximum atomic E-state index is 10.3. The molecule has 2 N–H and O–H groups in total. The van der Waals surface area contributed by atoms with Crippen molar-refractivity contribution in [2.75, 3.05) is 0 Å². The van der Waals surface area contributed by atoms with Crippen molar-refractivity contribution in [3.63, 3.8) is 0 Å². The van der Waals surface area contributed by atoms with E-state index in [-0.39, 0.29) is 10.8 Å². The minimum Gasteiger partial charge on any atom is -0.508 e. The second kappa shape index (κ2) is 7.87. The van der Waals surface area contributed by atoms with E-state index in [4.69, 9.17) is 0 Å². The van der Waals surface area contributed by atoms with Crippen LogP contribution in [0.4, 0.5) is 0 Å². The first-order valence-electron chi connectivity index (χ1n) is 9.83. The fourth-order valence-corrected chi connectivity index (χ4v) is 3.30. The Morgan fingerprint density at radius 2 is 0.929 bits per heavy atom. The zero-order valence-corrected chi connectivity index (χ0v) is 18.5. The van der Waals surface area contributed by atoms with Gasteiger partial charge in [0.05, 0.1) is 0 Å². The van der Waals surface area contributed by atoms with E-state index in [1.807, 2.05) is 38.1 Å². The van der Waals surface area contributed by atoms with E-state index in [0.29, 0.717) is 11.5 Å². The van der Waals surface area contributed by atoms with E-state index < -0.39 is 0 Å². The number of hydrogen-bond acceptors (Lipinski definition) is 2. The lowest BCUT2D eigenvalue weighted by Crippen LogP contribution is -2.11. The molecule has 0 fully saturated rings. The van der Waals surface area contributed by atoms with E-state index >= 15 is 0 Å². The molecule has 150 valence electrons. The Kier molecular flexibility index (Phi) is 6.13. The zero-order chi connectivity index (χ0) is 21.3. The Morgan fingerprint density at radius 1 is 0.607 bits per heavy atom. The van der Waals surface area contributed by atoms with Crippen LogP contribution in [0.5, 0.6) is 11.5 Å². The van der Waals surface area contributed by atoms with Gasteiger partial charge in [0, 0.05) is 0 Å². The van der Waals surface area contributed by atoms with Crippen LogP contribution in [-0.2, 0) is 10.8 Å². The lowest BCUT2D eigenvalue weighted by molar-refractivity contribution is 0.445. The Labute approximate surface area is 170 Å². The summed E-state index contributed by atoms with van der Waals surface area (Å²) < 4.78 is 0. The van der Waals surface area contributed by atoms with Crippen molar-refractivity contribution in [3.8, 4) is 11.5 Å². The number of benzene rings is 2. The molecule has 0 aliphatic heterocycles. The van der Waals surface area contributed by atoms with Crippen LogP contribution in [0.2, 0.25) is 0 Å². The van der Waals surface area contributed by atoms with Gasteiger partial charge in [0.25, 0.3) is 0 Å². The van der Waals surface area contributed by atoms with Crippen LogP contribution >= 0.6 is 0 Å². The molecule has 0 aromatic heterocycles. The van der Waals surface area contributed by atoms with E-state index in [1.54, 1.807) is 0 Å². The molecular formula is C26H34O2. The van der Waals surface area contributed by atoms with Crippen molar-refractivity contribution in [1.29, 1.82) is 0 Å². The topological polar surface area (TPSA) is 40.5 Å². The van der Waals surface area contributed by atoms with Gasteiger partial charge in [-0.15, -0.1) is 0 Å². The molecule has 0 atom stereocenters. The van der Waals surface area contributed by atoms with E-state index in [1.165, 1.54) is 0 Å². The molecule has 0 heterocycles. The van der Waals surface area contributed by atoms with Gasteiger partial charge in [-0.3, -0.25) is 0 Å². The Bertz CT molecular complexity index is 839. The predicted octanol–water partition coefficient (Wildman–Crippen LogP) is 7.04. The first kappa shape index (κ1) is 21.8. The van der Waals surface area contributed by atoms with Crippen LogP contribution in [0.25, 0.3) is 12.2 Å². The predicted molar refractivity (Wildman–Crippen MR) is 121 cm³/mol. The lowest BCUT2D eigenvalue weighted by Gasteiger charge is -2.22. The number of aryl methyl sites for hydroxylation is 2. The molecule has 0 spiro atoms. The fraction of sp³-hybridized carbons (Fsp3) is 0.385. The van der Waals surface area contributed by atoms with Crippen molar-refractivity contribution in [3.05, 3.63) is 69.8 Å². The minimum absolute atomic E-state index is 0.108. The Balaban J connectivity index is 2.32. The lowest BCUT2D eigenvalue weighted by atomic mass is 9.84. The average Bonchev–Trinajstić information content (AvgIpc) is 2.52. The average molecular weight is 379 g/mol. The highest BCUT2D eigenvalue weighted by molar-refractivity contribution is 5.64. The molecule has 28 heavy (non-hydrogen) atoms. The molecule has 0 bridgehead atoms. The quantitative estimate of drug-likeness (QED) is 0.562. The van der Waals surface area contributed by atoms with Gasteiger partial charge < -0.3 is 10.2 Å². The molecule has 2 nitrogen and oxygen atoms in total. The highest BCUT2D eigenvalue weighted by Gasteiger charge is 2.20. The molecule has 0 saturated heterocycles. The number of hydrogen-bond donors (Lipinski definition) is 2. The van der Waals surface area contributed by atoms with Gasteiger partial charge in [-0.1, -0.05) is 65.8 Å². The zero-order valence-electron chi connectivity index (χ0n) is 18.5. The van der Waals surface area contributed by atoms with Crippen LogP contribution in [-0.4, -0.2) is 10.2 Å². The highest BCUT2D eigenvalue weighted by atomic mass is 16.3. The van der Waals surface area contributed by atoms with Crippen LogP contribution in [0.15, 0.2) is 36.4 Å². The van der Waals surface area contributed by atoms with Gasteiger partial charge in [-0.25, -0.2) is 0 Å². The Morgan fingerprint density at radius 3 is 1.21 bits per heavy atom. The molecule has 0 aliphatic carbocycles. The summed E-state index contributed by atoms with van der Waals surface area (Å²) in [7, 11) is 0. The molecule has 0 aliphatic rings. The van der Waals surface area contributed by atoms with Gasteiger partial charge in [0.1, 0.15) is 11.5 Å². The third-order valence-electron chi connectivity index (χ3n) is 5.05. The van der Waals surface area contributed by atoms with Crippen LogP contribution in [0, 0.1) is 13.8 Å². The van der Waals surface area contributed by atoms with Crippen LogP contribution in [0.3, 0.4) is 0 Å². The SMILES string of the molecule is Cc1cc(O)c(C(C)(C)C)cc1C=CC=Cc1cc(C(C)(C)C)c(O)cc1C. The summed E-state index contributed by atoms with van der Waals surface area (Å²) >= 11 is 0. The normalized spacial score (nSPS) is 13.0. The summed E-state index contributed by atoms with van der Waals surface area (Å²) in [5.41, 5.74) is 5.98. The highest BCUT2D eigenvalue weighted by Crippen LogP contribution is 2.34. The number of rotatable bonds is 3. The van der Waals surface area contributed by atoms with Crippen LogP contribution < -0.4 is 0 Å².